The van der Waals surface area contributed by atoms with Gasteiger partial charge in [-0.2, -0.15) is 0 Å². The minimum Gasteiger partial charge on any atom is -0.357 e. The number of nitrogens with zero attached hydrogens (tertiary/aromatic N) is 2. The van der Waals surface area contributed by atoms with Crippen LogP contribution in [0.1, 0.15) is 54.4 Å². The van der Waals surface area contributed by atoms with Gasteiger partial charge in [0, 0.05) is 24.9 Å². The fraction of sp³-hybridized carbons (Fsp3) is 0.944. The lowest BCUT2D eigenvalue weighted by molar-refractivity contribution is 0.196. The van der Waals surface area contributed by atoms with E-state index < -0.39 is 9.84 Å². The van der Waals surface area contributed by atoms with Gasteiger partial charge in [0.25, 0.3) is 0 Å². The Hall–Kier alpha value is -0.820. The van der Waals surface area contributed by atoms with Crippen molar-refractivity contribution in [3.05, 3.63) is 0 Å². The fourth-order valence-corrected chi connectivity index (χ4v) is 3.62. The molecule has 25 heavy (non-hydrogen) atoms. The first-order chi connectivity index (χ1) is 11.6. The van der Waals surface area contributed by atoms with Crippen LogP contribution in [0.4, 0.5) is 0 Å². The van der Waals surface area contributed by atoms with E-state index in [9.17, 15) is 8.42 Å². The van der Waals surface area contributed by atoms with Crippen molar-refractivity contribution in [1.29, 1.82) is 0 Å². The minimum absolute atomic E-state index is 0.0597. The molecule has 6 nitrogen and oxygen atoms in total. The number of nitrogens with one attached hydrogen (secondary N) is 2. The van der Waals surface area contributed by atoms with E-state index in [0.717, 1.165) is 38.6 Å². The first-order valence-electron chi connectivity index (χ1n) is 9.59. The molecule has 0 fully saturated rings. The van der Waals surface area contributed by atoms with Gasteiger partial charge >= 0.3 is 0 Å². The number of sulfone groups is 1. The summed E-state index contributed by atoms with van der Waals surface area (Å²) >= 11 is 0. The molecule has 0 rings (SSSR count). The van der Waals surface area contributed by atoms with Crippen LogP contribution < -0.4 is 10.6 Å². The van der Waals surface area contributed by atoms with Crippen molar-refractivity contribution in [2.75, 3.05) is 38.2 Å². The molecule has 150 valence electrons. The van der Waals surface area contributed by atoms with Gasteiger partial charge in [-0.3, -0.25) is 9.89 Å². The first kappa shape index (κ1) is 24.2. The largest absolute Gasteiger partial charge is 0.357 e. The third-order valence-electron chi connectivity index (χ3n) is 4.18. The number of hydrogen-bond acceptors (Lipinski definition) is 4. The zero-order valence-corrected chi connectivity index (χ0v) is 18.1. The Labute approximate surface area is 155 Å². The van der Waals surface area contributed by atoms with Gasteiger partial charge in [0.15, 0.2) is 5.96 Å². The second-order valence-corrected chi connectivity index (χ2v) is 9.45. The predicted molar refractivity (Wildman–Crippen MR) is 109 cm³/mol. The van der Waals surface area contributed by atoms with Crippen LogP contribution in [0.5, 0.6) is 0 Å². The Morgan fingerprint density at radius 1 is 1.12 bits per heavy atom. The lowest BCUT2D eigenvalue weighted by Crippen LogP contribution is -2.44. The van der Waals surface area contributed by atoms with E-state index in [0.29, 0.717) is 18.4 Å². The number of hydrogen-bond donors (Lipinski definition) is 2. The predicted octanol–water partition coefficient (Wildman–Crippen LogP) is 2.12. The number of likely N-dealkylation sites (N-methyl/N-ethyl adjacent to an activating group) is 1. The Bertz CT molecular complexity index is 473. The van der Waals surface area contributed by atoms with Crippen LogP contribution in [0, 0.1) is 5.92 Å². The molecule has 0 radical (unpaired) electrons. The van der Waals surface area contributed by atoms with Crippen molar-refractivity contribution in [3.63, 3.8) is 0 Å². The van der Waals surface area contributed by atoms with Crippen molar-refractivity contribution in [2.45, 2.75) is 66.5 Å². The van der Waals surface area contributed by atoms with Gasteiger partial charge < -0.3 is 10.6 Å². The summed E-state index contributed by atoms with van der Waals surface area (Å²) in [6.45, 7) is 16.5. The van der Waals surface area contributed by atoms with E-state index in [-0.39, 0.29) is 11.8 Å². The smallest absolute Gasteiger partial charge is 0.191 e. The molecule has 0 bridgehead atoms. The van der Waals surface area contributed by atoms with Crippen LogP contribution in [-0.2, 0) is 9.84 Å². The summed E-state index contributed by atoms with van der Waals surface area (Å²) in [5.74, 6) is 1.59. The Balaban J connectivity index is 4.89. The topological polar surface area (TPSA) is 73.8 Å². The van der Waals surface area contributed by atoms with E-state index in [1.807, 2.05) is 13.8 Å². The van der Waals surface area contributed by atoms with Crippen LogP contribution >= 0.6 is 0 Å². The Morgan fingerprint density at radius 3 is 2.16 bits per heavy atom. The standard InChI is InChI=1S/C18H40N4O2S/c1-8-19-18(21-16(6)11-12-25(7,23)24)20-14-17(13-15(4)5)22(9-2)10-3/h15-17H,8-14H2,1-7H3,(H2,19,20,21). The van der Waals surface area contributed by atoms with E-state index >= 15 is 0 Å². The molecule has 0 aromatic heterocycles. The normalized spacial score (nSPS) is 15.5. The van der Waals surface area contributed by atoms with E-state index in [1.165, 1.54) is 6.26 Å². The molecule has 0 aliphatic heterocycles. The van der Waals surface area contributed by atoms with Crippen LogP contribution in [0.25, 0.3) is 0 Å². The van der Waals surface area contributed by atoms with Crippen molar-refractivity contribution in [3.8, 4) is 0 Å². The molecule has 2 N–H and O–H groups in total. The van der Waals surface area contributed by atoms with Crippen molar-refractivity contribution >= 4 is 15.8 Å². The highest BCUT2D eigenvalue weighted by molar-refractivity contribution is 7.90. The average molecular weight is 377 g/mol. The molecule has 0 saturated carbocycles. The van der Waals surface area contributed by atoms with Gasteiger partial charge in [0.1, 0.15) is 9.84 Å². The SMILES string of the molecule is CCNC(=NCC(CC(C)C)N(CC)CC)NC(C)CCS(C)(=O)=O. The maximum absolute atomic E-state index is 11.3. The summed E-state index contributed by atoms with van der Waals surface area (Å²) in [6, 6.07) is 0.487. The number of guanidine groups is 1. The summed E-state index contributed by atoms with van der Waals surface area (Å²) in [7, 11) is -2.93. The second kappa shape index (κ2) is 12.5. The van der Waals surface area contributed by atoms with Crippen LogP contribution in [0.3, 0.4) is 0 Å². The maximum atomic E-state index is 11.3. The quantitative estimate of drug-likeness (QED) is 0.403. The van der Waals surface area contributed by atoms with Crippen molar-refractivity contribution < 1.29 is 8.42 Å². The minimum atomic E-state index is -2.93. The molecule has 0 aromatic rings. The summed E-state index contributed by atoms with van der Waals surface area (Å²) < 4.78 is 22.7. The van der Waals surface area contributed by atoms with Crippen LogP contribution in [0.15, 0.2) is 4.99 Å². The molecule has 0 aromatic carbocycles. The van der Waals surface area contributed by atoms with Gasteiger partial charge in [-0.15, -0.1) is 0 Å². The van der Waals surface area contributed by atoms with Crippen LogP contribution in [0.2, 0.25) is 0 Å². The third kappa shape index (κ3) is 12.2. The van der Waals surface area contributed by atoms with Gasteiger partial charge in [-0.1, -0.05) is 27.7 Å². The summed E-state index contributed by atoms with van der Waals surface area (Å²) in [5, 5.41) is 6.60. The summed E-state index contributed by atoms with van der Waals surface area (Å²) in [4.78, 5) is 7.23. The van der Waals surface area contributed by atoms with E-state index in [1.54, 1.807) is 0 Å². The van der Waals surface area contributed by atoms with Gasteiger partial charge in [-0.05, 0) is 45.7 Å². The Morgan fingerprint density at radius 2 is 1.72 bits per heavy atom. The Kier molecular flexibility index (Phi) is 12.1. The van der Waals surface area contributed by atoms with Crippen LogP contribution in [-0.4, -0.2) is 69.5 Å². The van der Waals surface area contributed by atoms with Gasteiger partial charge in [-0.25, -0.2) is 8.42 Å². The van der Waals surface area contributed by atoms with Crippen molar-refractivity contribution in [1.82, 2.24) is 15.5 Å². The highest BCUT2D eigenvalue weighted by Gasteiger charge is 2.17. The number of rotatable bonds is 12. The first-order valence-corrected chi connectivity index (χ1v) is 11.6. The lowest BCUT2D eigenvalue weighted by Gasteiger charge is -2.30. The molecule has 7 heteroatoms. The molecular weight excluding hydrogens is 336 g/mol. The molecule has 0 aliphatic rings. The zero-order chi connectivity index (χ0) is 19.5. The lowest BCUT2D eigenvalue weighted by atomic mass is 10.0. The highest BCUT2D eigenvalue weighted by Crippen LogP contribution is 2.12. The van der Waals surface area contributed by atoms with Gasteiger partial charge in [0.05, 0.1) is 12.3 Å². The fourth-order valence-electron chi connectivity index (χ4n) is 2.84. The molecule has 0 heterocycles. The molecule has 0 saturated heterocycles. The number of aliphatic imine (C=N–C) groups is 1. The van der Waals surface area contributed by atoms with Crippen molar-refractivity contribution in [2.24, 2.45) is 10.9 Å². The monoisotopic (exact) mass is 376 g/mol. The average Bonchev–Trinajstić information content (AvgIpc) is 2.50. The highest BCUT2D eigenvalue weighted by atomic mass is 32.2. The molecule has 0 aliphatic carbocycles. The summed E-state index contributed by atoms with van der Waals surface area (Å²) in [5.41, 5.74) is 0. The van der Waals surface area contributed by atoms with Gasteiger partial charge in [0.2, 0.25) is 0 Å². The van der Waals surface area contributed by atoms with E-state index in [2.05, 4.69) is 43.2 Å². The van der Waals surface area contributed by atoms with E-state index in [4.69, 9.17) is 4.99 Å². The molecular formula is C18H40N4O2S. The summed E-state index contributed by atoms with van der Waals surface area (Å²) in [6.07, 6.45) is 2.97. The molecule has 0 spiro atoms. The second-order valence-electron chi connectivity index (χ2n) is 7.19. The maximum Gasteiger partial charge on any atom is 0.191 e. The third-order valence-corrected chi connectivity index (χ3v) is 5.16. The molecule has 2 atom stereocenters. The molecule has 2 unspecified atom stereocenters. The zero-order valence-electron chi connectivity index (χ0n) is 17.3. The molecule has 0 amide bonds.